The summed E-state index contributed by atoms with van der Waals surface area (Å²) in [7, 11) is 0. The summed E-state index contributed by atoms with van der Waals surface area (Å²) in [4.78, 5) is 10.9. The Morgan fingerprint density at radius 3 is 1.81 bits per heavy atom. The van der Waals surface area contributed by atoms with E-state index in [4.69, 9.17) is 9.84 Å². The molecule has 2 aliphatic carbocycles. The second-order valence-corrected chi connectivity index (χ2v) is 8.63. The maximum atomic E-state index is 10.9. The maximum absolute atomic E-state index is 10.9. The summed E-state index contributed by atoms with van der Waals surface area (Å²) in [5, 5.41) is 8.66. The normalized spacial score (nSPS) is 20.5. The highest BCUT2D eigenvalue weighted by molar-refractivity contribution is 5.68. The Balaban J connectivity index is 0.000000273. The Labute approximate surface area is 162 Å². The van der Waals surface area contributed by atoms with Gasteiger partial charge in [-0.05, 0) is 49.4 Å². The topological polar surface area (TPSA) is 46.5 Å². The molecule has 0 saturated heterocycles. The number of hydrogen-bond donors (Lipinski definition) is 1. The minimum Gasteiger partial charge on any atom is -0.466 e. The van der Waals surface area contributed by atoms with E-state index in [9.17, 15) is 4.79 Å². The van der Waals surface area contributed by atoms with Gasteiger partial charge >= 0.3 is 5.97 Å². The van der Waals surface area contributed by atoms with Gasteiger partial charge in [-0.2, -0.15) is 0 Å². The van der Waals surface area contributed by atoms with E-state index in [0.29, 0.717) is 19.6 Å². The third-order valence-corrected chi connectivity index (χ3v) is 6.58. The molecule has 0 aliphatic heterocycles. The first-order chi connectivity index (χ1) is 12.6. The molecular weight excluding hydrogens is 324 g/mol. The van der Waals surface area contributed by atoms with Gasteiger partial charge in [0, 0.05) is 13.0 Å². The first kappa shape index (κ1) is 23.5. The monoisotopic (exact) mass is 368 g/mol. The molecule has 2 fully saturated rings. The Bertz CT molecular complexity index is 343. The standard InChI is InChI=1S/C13H24O2.C10H20O/c1-3-13(14)15-10-6-7-11(2)12-8-4-5-9-12;1-9(5-4-8-11)10-6-2-3-7-10/h11-12H,3-10H2,1-2H3;9-11H,2-8H2,1H3. The summed E-state index contributed by atoms with van der Waals surface area (Å²) in [5.41, 5.74) is 0. The molecule has 154 valence electrons. The summed E-state index contributed by atoms with van der Waals surface area (Å²) in [6, 6.07) is 0. The SMILES string of the molecule is CC(CCCO)C1CCCC1.CCC(=O)OCCCC(C)C1CCCC1. The van der Waals surface area contributed by atoms with Gasteiger partial charge in [0.15, 0.2) is 0 Å². The smallest absolute Gasteiger partial charge is 0.305 e. The molecular formula is C23H44O3. The van der Waals surface area contributed by atoms with Crippen LogP contribution in [0.15, 0.2) is 0 Å². The molecule has 0 aromatic heterocycles. The Morgan fingerprint density at radius 2 is 1.38 bits per heavy atom. The van der Waals surface area contributed by atoms with Crippen LogP contribution in [-0.2, 0) is 9.53 Å². The van der Waals surface area contributed by atoms with Crippen molar-refractivity contribution >= 4 is 5.97 Å². The molecule has 2 rings (SSSR count). The zero-order valence-electron chi connectivity index (χ0n) is 17.7. The average Bonchev–Trinajstić information content (AvgIpc) is 3.37. The van der Waals surface area contributed by atoms with Crippen molar-refractivity contribution in [2.45, 2.75) is 104 Å². The number of carbonyl (C=O) groups excluding carboxylic acids is 1. The lowest BCUT2D eigenvalue weighted by Gasteiger charge is -2.18. The van der Waals surface area contributed by atoms with Gasteiger partial charge in [-0.25, -0.2) is 0 Å². The van der Waals surface area contributed by atoms with E-state index < -0.39 is 0 Å². The van der Waals surface area contributed by atoms with E-state index in [1.165, 1.54) is 64.2 Å². The van der Waals surface area contributed by atoms with Gasteiger partial charge in [-0.15, -0.1) is 0 Å². The molecule has 0 aromatic carbocycles. The van der Waals surface area contributed by atoms with Crippen LogP contribution in [0.4, 0.5) is 0 Å². The first-order valence-electron chi connectivity index (χ1n) is 11.3. The van der Waals surface area contributed by atoms with Crippen molar-refractivity contribution < 1.29 is 14.6 Å². The molecule has 0 radical (unpaired) electrons. The third-order valence-electron chi connectivity index (χ3n) is 6.58. The summed E-state index contributed by atoms with van der Waals surface area (Å²) in [6.07, 6.45) is 16.4. The van der Waals surface area contributed by atoms with Crippen LogP contribution in [0, 0.1) is 23.7 Å². The zero-order valence-corrected chi connectivity index (χ0v) is 17.7. The number of aliphatic hydroxyl groups is 1. The highest BCUT2D eigenvalue weighted by Gasteiger charge is 2.21. The molecule has 3 heteroatoms. The van der Waals surface area contributed by atoms with Gasteiger partial charge in [0.1, 0.15) is 0 Å². The predicted octanol–water partition coefficient (Wildman–Crippen LogP) is 6.13. The summed E-state index contributed by atoms with van der Waals surface area (Å²) in [6.45, 7) is 7.51. The maximum Gasteiger partial charge on any atom is 0.305 e. The molecule has 2 atom stereocenters. The van der Waals surface area contributed by atoms with Gasteiger partial charge in [0.05, 0.1) is 6.61 Å². The predicted molar refractivity (Wildman–Crippen MR) is 109 cm³/mol. The highest BCUT2D eigenvalue weighted by Crippen LogP contribution is 2.34. The highest BCUT2D eigenvalue weighted by atomic mass is 16.5. The molecule has 2 unspecified atom stereocenters. The van der Waals surface area contributed by atoms with Gasteiger partial charge < -0.3 is 9.84 Å². The fourth-order valence-corrected chi connectivity index (χ4v) is 4.63. The second-order valence-electron chi connectivity index (χ2n) is 8.63. The Morgan fingerprint density at radius 1 is 0.923 bits per heavy atom. The van der Waals surface area contributed by atoms with E-state index >= 15 is 0 Å². The van der Waals surface area contributed by atoms with Gasteiger partial charge in [0.2, 0.25) is 0 Å². The quantitative estimate of drug-likeness (QED) is 0.372. The van der Waals surface area contributed by atoms with Crippen molar-refractivity contribution in [2.24, 2.45) is 23.7 Å². The lowest BCUT2D eigenvalue weighted by Crippen LogP contribution is -2.10. The first-order valence-corrected chi connectivity index (χ1v) is 11.3. The van der Waals surface area contributed by atoms with E-state index in [1.54, 1.807) is 0 Å². The van der Waals surface area contributed by atoms with Gasteiger partial charge in [-0.1, -0.05) is 72.1 Å². The Hall–Kier alpha value is -0.570. The molecule has 3 nitrogen and oxygen atoms in total. The van der Waals surface area contributed by atoms with Crippen LogP contribution in [-0.4, -0.2) is 24.3 Å². The minimum absolute atomic E-state index is 0.0662. The van der Waals surface area contributed by atoms with Crippen molar-refractivity contribution in [3.63, 3.8) is 0 Å². The largest absolute Gasteiger partial charge is 0.466 e. The zero-order chi connectivity index (χ0) is 19.2. The summed E-state index contributed by atoms with van der Waals surface area (Å²) >= 11 is 0. The van der Waals surface area contributed by atoms with E-state index in [0.717, 1.165) is 36.5 Å². The van der Waals surface area contributed by atoms with Crippen LogP contribution in [0.2, 0.25) is 0 Å². The van der Waals surface area contributed by atoms with Crippen LogP contribution >= 0.6 is 0 Å². The van der Waals surface area contributed by atoms with Crippen LogP contribution in [0.3, 0.4) is 0 Å². The molecule has 26 heavy (non-hydrogen) atoms. The molecule has 0 spiro atoms. The minimum atomic E-state index is -0.0662. The van der Waals surface area contributed by atoms with Crippen LogP contribution in [0.25, 0.3) is 0 Å². The summed E-state index contributed by atoms with van der Waals surface area (Å²) in [5.74, 6) is 3.51. The molecule has 2 aliphatic rings. The van der Waals surface area contributed by atoms with E-state index in [-0.39, 0.29) is 5.97 Å². The van der Waals surface area contributed by atoms with Crippen LogP contribution in [0.1, 0.15) is 104 Å². The van der Waals surface area contributed by atoms with Crippen LogP contribution in [0.5, 0.6) is 0 Å². The average molecular weight is 369 g/mol. The number of esters is 1. The Kier molecular flexibility index (Phi) is 13.1. The number of carbonyl (C=O) groups is 1. The van der Waals surface area contributed by atoms with Crippen molar-refractivity contribution in [3.8, 4) is 0 Å². The van der Waals surface area contributed by atoms with Crippen molar-refractivity contribution in [2.75, 3.05) is 13.2 Å². The molecule has 0 heterocycles. The van der Waals surface area contributed by atoms with Crippen molar-refractivity contribution in [3.05, 3.63) is 0 Å². The second kappa shape index (κ2) is 14.5. The fraction of sp³-hybridized carbons (Fsp3) is 0.957. The van der Waals surface area contributed by atoms with Gasteiger partial charge in [0.25, 0.3) is 0 Å². The number of rotatable bonds is 10. The summed E-state index contributed by atoms with van der Waals surface area (Å²) < 4.78 is 5.07. The van der Waals surface area contributed by atoms with Gasteiger partial charge in [-0.3, -0.25) is 4.79 Å². The number of aliphatic hydroxyl groups excluding tert-OH is 1. The number of hydrogen-bond acceptors (Lipinski definition) is 3. The molecule has 0 amide bonds. The van der Waals surface area contributed by atoms with Crippen LogP contribution < -0.4 is 0 Å². The van der Waals surface area contributed by atoms with E-state index in [2.05, 4.69) is 13.8 Å². The van der Waals surface area contributed by atoms with E-state index in [1.807, 2.05) is 6.92 Å². The van der Waals surface area contributed by atoms with Crippen molar-refractivity contribution in [1.29, 1.82) is 0 Å². The fourth-order valence-electron chi connectivity index (χ4n) is 4.63. The lowest BCUT2D eigenvalue weighted by molar-refractivity contribution is -0.143. The molecule has 0 bridgehead atoms. The third kappa shape index (κ3) is 9.94. The molecule has 2 saturated carbocycles. The molecule has 0 aromatic rings. The van der Waals surface area contributed by atoms with Crippen molar-refractivity contribution in [1.82, 2.24) is 0 Å². The number of ether oxygens (including phenoxy) is 1. The molecule has 1 N–H and O–H groups in total. The lowest BCUT2D eigenvalue weighted by atomic mass is 9.89.